The topological polar surface area (TPSA) is 127 Å². The summed E-state index contributed by atoms with van der Waals surface area (Å²) in [5.41, 5.74) is -0.129. The Morgan fingerprint density at radius 3 is 2.29 bits per heavy atom. The van der Waals surface area contributed by atoms with Crippen LogP contribution in [-0.2, 0) is 10.1 Å². The smallest absolute Gasteiger partial charge is 0.283 e. The van der Waals surface area contributed by atoms with Crippen LogP contribution in [0.4, 0.5) is 5.69 Å². The molecule has 0 radical (unpaired) electrons. The summed E-state index contributed by atoms with van der Waals surface area (Å²) >= 11 is 0. The van der Waals surface area contributed by atoms with Crippen LogP contribution in [0.1, 0.15) is 10.4 Å². The lowest BCUT2D eigenvalue weighted by atomic mass is 10.2. The van der Waals surface area contributed by atoms with Crippen LogP contribution in [0.15, 0.2) is 24.3 Å². The molecule has 0 atom stereocenters. The molecule has 0 aliphatic heterocycles. The van der Waals surface area contributed by atoms with E-state index in [4.69, 9.17) is 4.55 Å². The molecule has 17 heavy (non-hydrogen) atoms. The van der Waals surface area contributed by atoms with Crippen LogP contribution in [0.5, 0.6) is 0 Å². The first kappa shape index (κ1) is 13.1. The fourth-order valence-electron chi connectivity index (χ4n) is 0.993. The van der Waals surface area contributed by atoms with Crippen LogP contribution in [0.3, 0.4) is 0 Å². The van der Waals surface area contributed by atoms with Crippen LogP contribution in [-0.4, -0.2) is 29.7 Å². The van der Waals surface area contributed by atoms with Gasteiger partial charge in [0.05, 0.1) is 4.92 Å². The van der Waals surface area contributed by atoms with Crippen molar-refractivity contribution in [1.82, 2.24) is 5.32 Å². The number of nitro benzene ring substituents is 1. The fourth-order valence-corrected chi connectivity index (χ4v) is 1.31. The molecular formula is C8H8N2O6S. The third-order valence-corrected chi connectivity index (χ3v) is 2.26. The second kappa shape index (κ2) is 4.89. The van der Waals surface area contributed by atoms with Crippen LogP contribution < -0.4 is 5.32 Å². The normalized spacial score (nSPS) is 10.9. The Hall–Kier alpha value is -2.00. The number of hydrogen-bond donors (Lipinski definition) is 2. The van der Waals surface area contributed by atoms with Crippen LogP contribution >= 0.6 is 0 Å². The van der Waals surface area contributed by atoms with Gasteiger partial charge in [0, 0.05) is 17.7 Å². The lowest BCUT2D eigenvalue weighted by Crippen LogP contribution is -2.29. The maximum atomic E-state index is 11.3. The van der Waals surface area contributed by atoms with E-state index >= 15 is 0 Å². The summed E-state index contributed by atoms with van der Waals surface area (Å²) in [6.07, 6.45) is 0. The molecule has 1 amide bonds. The van der Waals surface area contributed by atoms with Gasteiger partial charge in [-0.2, -0.15) is 8.42 Å². The van der Waals surface area contributed by atoms with Crippen molar-refractivity contribution in [2.24, 2.45) is 0 Å². The summed E-state index contributed by atoms with van der Waals surface area (Å²) in [6, 6.07) is 4.58. The highest BCUT2D eigenvalue weighted by molar-refractivity contribution is 7.85. The second-order valence-electron chi connectivity index (χ2n) is 3.04. The third-order valence-electron chi connectivity index (χ3n) is 1.76. The number of rotatable bonds is 4. The van der Waals surface area contributed by atoms with E-state index < -0.39 is 26.8 Å². The Morgan fingerprint density at radius 1 is 1.35 bits per heavy atom. The summed E-state index contributed by atoms with van der Waals surface area (Å²) in [4.78, 5) is 21.0. The van der Waals surface area contributed by atoms with Crippen LogP contribution in [0, 0.1) is 10.1 Å². The number of nitrogens with one attached hydrogen (secondary N) is 1. The molecule has 0 fully saturated rings. The molecule has 0 bridgehead atoms. The Bertz CT molecular complexity index is 536. The minimum atomic E-state index is -4.29. The molecule has 1 aromatic carbocycles. The van der Waals surface area contributed by atoms with Crippen molar-refractivity contribution in [3.05, 3.63) is 39.9 Å². The van der Waals surface area contributed by atoms with E-state index in [2.05, 4.69) is 0 Å². The zero-order valence-corrected chi connectivity index (χ0v) is 9.18. The zero-order valence-electron chi connectivity index (χ0n) is 8.36. The summed E-state index contributed by atoms with van der Waals surface area (Å²) < 4.78 is 29.1. The summed E-state index contributed by atoms with van der Waals surface area (Å²) in [5, 5.41) is 12.3. The minimum Gasteiger partial charge on any atom is -0.336 e. The molecule has 0 aliphatic rings. The molecule has 9 heteroatoms. The number of carbonyl (C=O) groups excluding carboxylic acids is 1. The van der Waals surface area contributed by atoms with Gasteiger partial charge in [-0.15, -0.1) is 0 Å². The lowest BCUT2D eigenvalue weighted by molar-refractivity contribution is -0.384. The maximum absolute atomic E-state index is 11.3. The zero-order chi connectivity index (χ0) is 13.1. The van der Waals surface area contributed by atoms with E-state index in [1.54, 1.807) is 0 Å². The Balaban J connectivity index is 2.74. The molecule has 92 valence electrons. The fraction of sp³-hybridized carbons (Fsp3) is 0.125. The first-order valence-electron chi connectivity index (χ1n) is 4.27. The van der Waals surface area contributed by atoms with Gasteiger partial charge in [-0.25, -0.2) is 0 Å². The number of hydrogen-bond acceptors (Lipinski definition) is 5. The van der Waals surface area contributed by atoms with Crippen LogP contribution in [0.2, 0.25) is 0 Å². The highest BCUT2D eigenvalue weighted by Gasteiger charge is 2.11. The van der Waals surface area contributed by atoms with Crippen molar-refractivity contribution >= 4 is 21.7 Å². The van der Waals surface area contributed by atoms with Crippen molar-refractivity contribution < 1.29 is 22.7 Å². The Morgan fingerprint density at radius 2 is 1.88 bits per heavy atom. The van der Waals surface area contributed by atoms with Gasteiger partial charge in [-0.1, -0.05) is 0 Å². The van der Waals surface area contributed by atoms with E-state index in [9.17, 15) is 23.3 Å². The van der Waals surface area contributed by atoms with Gasteiger partial charge in [0.1, 0.15) is 5.88 Å². The molecule has 0 aromatic heterocycles. The van der Waals surface area contributed by atoms with Gasteiger partial charge in [-0.3, -0.25) is 19.5 Å². The molecule has 0 spiro atoms. The quantitative estimate of drug-likeness (QED) is 0.451. The van der Waals surface area contributed by atoms with Gasteiger partial charge in [0.2, 0.25) is 0 Å². The van der Waals surface area contributed by atoms with Crippen molar-refractivity contribution in [3.63, 3.8) is 0 Å². The van der Waals surface area contributed by atoms with E-state index in [1.807, 2.05) is 5.32 Å². The number of benzene rings is 1. The Labute approximate surface area is 96.2 Å². The SMILES string of the molecule is O=C(NCS(=O)(=O)O)c1ccc([N+](=O)[O-])cc1. The summed E-state index contributed by atoms with van der Waals surface area (Å²) in [6.45, 7) is 0. The summed E-state index contributed by atoms with van der Waals surface area (Å²) in [5.74, 6) is -1.67. The predicted octanol–water partition coefficient (Wildman–Crippen LogP) is 0.170. The average molecular weight is 260 g/mol. The number of amides is 1. The van der Waals surface area contributed by atoms with E-state index in [1.165, 1.54) is 12.1 Å². The first-order chi connectivity index (χ1) is 7.79. The highest BCUT2D eigenvalue weighted by atomic mass is 32.2. The second-order valence-corrected chi connectivity index (χ2v) is 4.49. The van der Waals surface area contributed by atoms with Crippen molar-refractivity contribution in [2.45, 2.75) is 0 Å². The molecular weight excluding hydrogens is 252 g/mol. The van der Waals surface area contributed by atoms with Crippen molar-refractivity contribution in [2.75, 3.05) is 5.88 Å². The molecule has 0 aliphatic carbocycles. The number of nitro groups is 1. The minimum absolute atomic E-state index is 0.0549. The average Bonchev–Trinajstić information content (AvgIpc) is 2.25. The number of non-ortho nitro benzene ring substituents is 1. The van der Waals surface area contributed by atoms with Gasteiger partial charge >= 0.3 is 0 Å². The van der Waals surface area contributed by atoms with E-state index in [-0.39, 0.29) is 11.3 Å². The molecule has 2 N–H and O–H groups in total. The molecule has 0 saturated carbocycles. The molecule has 0 unspecified atom stereocenters. The van der Waals surface area contributed by atoms with E-state index in [0.29, 0.717) is 0 Å². The lowest BCUT2D eigenvalue weighted by Gasteiger charge is -2.02. The standard InChI is InChI=1S/C8H8N2O6S/c11-8(9-5-17(14,15)16)6-1-3-7(4-2-6)10(12)13/h1-4H,5H2,(H,9,11)(H,14,15,16). The van der Waals surface area contributed by atoms with Gasteiger partial charge in [-0.05, 0) is 12.1 Å². The maximum Gasteiger partial charge on any atom is 0.283 e. The molecule has 1 rings (SSSR count). The molecule has 1 aromatic rings. The third kappa shape index (κ3) is 4.17. The molecule has 0 heterocycles. The largest absolute Gasteiger partial charge is 0.336 e. The van der Waals surface area contributed by atoms with Crippen molar-refractivity contribution in [1.29, 1.82) is 0 Å². The number of nitrogens with zero attached hydrogens (tertiary/aromatic N) is 1. The Kier molecular flexibility index (Phi) is 3.76. The monoisotopic (exact) mass is 260 g/mol. The predicted molar refractivity (Wildman–Crippen MR) is 57.0 cm³/mol. The van der Waals surface area contributed by atoms with Gasteiger partial charge in [0.15, 0.2) is 0 Å². The summed E-state index contributed by atoms with van der Waals surface area (Å²) in [7, 11) is -4.29. The van der Waals surface area contributed by atoms with Gasteiger partial charge in [0.25, 0.3) is 21.7 Å². The molecule has 8 nitrogen and oxygen atoms in total. The highest BCUT2D eigenvalue weighted by Crippen LogP contribution is 2.11. The first-order valence-corrected chi connectivity index (χ1v) is 5.88. The number of carbonyl (C=O) groups is 1. The van der Waals surface area contributed by atoms with Crippen molar-refractivity contribution in [3.8, 4) is 0 Å². The van der Waals surface area contributed by atoms with Gasteiger partial charge < -0.3 is 5.32 Å². The van der Waals surface area contributed by atoms with Crippen LogP contribution in [0.25, 0.3) is 0 Å². The van der Waals surface area contributed by atoms with E-state index in [0.717, 1.165) is 12.1 Å². The molecule has 0 saturated heterocycles.